The average Bonchev–Trinajstić information content (AvgIpc) is 2.59. The van der Waals surface area contributed by atoms with Crippen molar-refractivity contribution in [3.8, 4) is 0 Å². The number of hydrogen-bond acceptors (Lipinski definition) is 5. The van der Waals surface area contributed by atoms with E-state index in [1.165, 1.54) is 24.4 Å². The molecular formula is C16H17N3O4S. The number of primary amides is 1. The molecule has 2 rings (SSSR count). The standard InChI is InChI=1S/C16H17N3O4S/c17-15(20)13(19-16(21)14-8-4-5-10-18-14)9-11-24(22,23)12-6-2-1-3-7-12/h1-8,10,13H,9,11H2,(H2,17,20)(H,19,21)/t13-/m0/s1. The van der Waals surface area contributed by atoms with E-state index in [2.05, 4.69) is 10.3 Å². The molecule has 1 aromatic carbocycles. The molecule has 0 bridgehead atoms. The summed E-state index contributed by atoms with van der Waals surface area (Å²) in [5, 5.41) is 2.42. The van der Waals surface area contributed by atoms with Crippen LogP contribution < -0.4 is 11.1 Å². The van der Waals surface area contributed by atoms with Gasteiger partial charge >= 0.3 is 0 Å². The van der Waals surface area contributed by atoms with Crippen molar-refractivity contribution in [2.45, 2.75) is 17.4 Å². The van der Waals surface area contributed by atoms with Crippen molar-refractivity contribution < 1.29 is 18.0 Å². The molecule has 0 spiro atoms. The molecule has 24 heavy (non-hydrogen) atoms. The topological polar surface area (TPSA) is 119 Å². The minimum atomic E-state index is -3.56. The van der Waals surface area contributed by atoms with E-state index in [9.17, 15) is 18.0 Å². The minimum Gasteiger partial charge on any atom is -0.368 e. The third-order valence-electron chi connectivity index (χ3n) is 3.32. The van der Waals surface area contributed by atoms with Crippen LogP contribution in [-0.2, 0) is 14.6 Å². The average molecular weight is 347 g/mol. The Hall–Kier alpha value is -2.74. The number of aromatic nitrogens is 1. The second-order valence-electron chi connectivity index (χ2n) is 5.06. The van der Waals surface area contributed by atoms with Gasteiger partial charge in [0.1, 0.15) is 11.7 Å². The van der Waals surface area contributed by atoms with Gasteiger partial charge in [-0.3, -0.25) is 14.6 Å². The number of nitrogens with two attached hydrogens (primary N) is 1. The van der Waals surface area contributed by atoms with Gasteiger partial charge in [-0.15, -0.1) is 0 Å². The highest BCUT2D eigenvalue weighted by molar-refractivity contribution is 7.91. The van der Waals surface area contributed by atoms with E-state index in [1.54, 1.807) is 30.3 Å². The first-order chi connectivity index (χ1) is 11.4. The van der Waals surface area contributed by atoms with Crippen LogP contribution >= 0.6 is 0 Å². The van der Waals surface area contributed by atoms with Gasteiger partial charge in [-0.05, 0) is 30.7 Å². The van der Waals surface area contributed by atoms with Gasteiger partial charge in [0.05, 0.1) is 10.6 Å². The Labute approximate surface area is 139 Å². The van der Waals surface area contributed by atoms with Gasteiger partial charge in [0.2, 0.25) is 5.91 Å². The molecule has 0 saturated carbocycles. The lowest BCUT2D eigenvalue weighted by Crippen LogP contribution is -2.45. The second kappa shape index (κ2) is 7.69. The van der Waals surface area contributed by atoms with Crippen LogP contribution in [0.1, 0.15) is 16.9 Å². The lowest BCUT2D eigenvalue weighted by molar-refractivity contribution is -0.119. The van der Waals surface area contributed by atoms with E-state index in [4.69, 9.17) is 5.73 Å². The van der Waals surface area contributed by atoms with Crippen LogP contribution in [0.25, 0.3) is 0 Å². The fourth-order valence-corrected chi connectivity index (χ4v) is 3.39. The van der Waals surface area contributed by atoms with Crippen LogP contribution in [0.3, 0.4) is 0 Å². The summed E-state index contributed by atoms with van der Waals surface area (Å²) < 4.78 is 24.5. The largest absolute Gasteiger partial charge is 0.368 e. The Bertz CT molecular complexity index is 808. The zero-order valence-electron chi connectivity index (χ0n) is 12.8. The fraction of sp³-hybridized carbons (Fsp3) is 0.188. The van der Waals surface area contributed by atoms with Crippen molar-refractivity contribution in [3.05, 3.63) is 60.4 Å². The number of benzene rings is 1. The van der Waals surface area contributed by atoms with Crippen molar-refractivity contribution in [2.75, 3.05) is 5.75 Å². The first-order valence-corrected chi connectivity index (χ1v) is 8.84. The smallest absolute Gasteiger partial charge is 0.270 e. The van der Waals surface area contributed by atoms with Gasteiger partial charge in [-0.2, -0.15) is 0 Å². The van der Waals surface area contributed by atoms with E-state index in [-0.39, 0.29) is 22.8 Å². The zero-order chi connectivity index (χ0) is 17.6. The first kappa shape index (κ1) is 17.6. The summed E-state index contributed by atoms with van der Waals surface area (Å²) in [7, 11) is -3.56. The number of hydrogen-bond donors (Lipinski definition) is 2. The molecule has 2 amide bonds. The third kappa shape index (κ3) is 4.63. The Morgan fingerprint density at radius 3 is 2.33 bits per heavy atom. The molecule has 1 atom stereocenters. The summed E-state index contributed by atoms with van der Waals surface area (Å²) in [6.07, 6.45) is 1.32. The number of rotatable bonds is 7. The highest BCUT2D eigenvalue weighted by Crippen LogP contribution is 2.12. The summed E-state index contributed by atoms with van der Waals surface area (Å²) in [6, 6.07) is 11.5. The van der Waals surface area contributed by atoms with Gasteiger partial charge in [0.25, 0.3) is 5.91 Å². The van der Waals surface area contributed by atoms with E-state index < -0.39 is 27.7 Å². The van der Waals surface area contributed by atoms with Crippen molar-refractivity contribution in [1.82, 2.24) is 10.3 Å². The molecule has 1 heterocycles. The van der Waals surface area contributed by atoms with E-state index in [0.29, 0.717) is 0 Å². The first-order valence-electron chi connectivity index (χ1n) is 7.19. The van der Waals surface area contributed by atoms with Crippen LogP contribution in [-0.4, -0.2) is 37.0 Å². The lowest BCUT2D eigenvalue weighted by Gasteiger charge is -2.15. The predicted octanol–water partition coefficient (Wildman–Crippen LogP) is 0.529. The Morgan fingerprint density at radius 2 is 1.75 bits per heavy atom. The molecule has 0 aliphatic heterocycles. The fourth-order valence-electron chi connectivity index (χ4n) is 2.03. The second-order valence-corrected chi connectivity index (χ2v) is 7.17. The number of carbonyl (C=O) groups excluding carboxylic acids is 2. The lowest BCUT2D eigenvalue weighted by atomic mass is 10.2. The van der Waals surface area contributed by atoms with Gasteiger partial charge < -0.3 is 11.1 Å². The molecule has 3 N–H and O–H groups in total. The van der Waals surface area contributed by atoms with Crippen molar-refractivity contribution in [3.63, 3.8) is 0 Å². The summed E-state index contributed by atoms with van der Waals surface area (Å²) >= 11 is 0. The quantitative estimate of drug-likeness (QED) is 0.757. The number of nitrogens with one attached hydrogen (secondary N) is 1. The third-order valence-corrected chi connectivity index (χ3v) is 5.09. The Morgan fingerprint density at radius 1 is 1.08 bits per heavy atom. The summed E-state index contributed by atoms with van der Waals surface area (Å²) in [4.78, 5) is 27.6. The normalized spacial score (nSPS) is 12.3. The van der Waals surface area contributed by atoms with Crippen molar-refractivity contribution >= 4 is 21.7 Å². The maximum Gasteiger partial charge on any atom is 0.270 e. The van der Waals surface area contributed by atoms with E-state index in [0.717, 1.165) is 0 Å². The molecule has 0 aliphatic carbocycles. The number of carbonyl (C=O) groups is 2. The van der Waals surface area contributed by atoms with E-state index >= 15 is 0 Å². The molecule has 0 radical (unpaired) electrons. The minimum absolute atomic E-state index is 0.120. The maximum atomic E-state index is 12.2. The van der Waals surface area contributed by atoms with Crippen LogP contribution in [0.4, 0.5) is 0 Å². The molecule has 2 aromatic rings. The van der Waals surface area contributed by atoms with Gasteiger partial charge in [-0.1, -0.05) is 24.3 Å². The van der Waals surface area contributed by atoms with Gasteiger partial charge in [-0.25, -0.2) is 8.42 Å². The number of amides is 2. The molecule has 1 aromatic heterocycles. The number of sulfone groups is 1. The maximum absolute atomic E-state index is 12.2. The SMILES string of the molecule is NC(=O)[C@H](CCS(=O)(=O)c1ccccc1)NC(=O)c1ccccn1. The van der Waals surface area contributed by atoms with Crippen LogP contribution in [0.2, 0.25) is 0 Å². The molecule has 0 saturated heterocycles. The van der Waals surface area contributed by atoms with E-state index in [1.807, 2.05) is 0 Å². The highest BCUT2D eigenvalue weighted by Gasteiger charge is 2.23. The molecule has 0 fully saturated rings. The molecule has 0 unspecified atom stereocenters. The summed E-state index contributed by atoms with van der Waals surface area (Å²) in [5.41, 5.74) is 5.38. The molecule has 7 nitrogen and oxygen atoms in total. The predicted molar refractivity (Wildman–Crippen MR) is 87.8 cm³/mol. The molecule has 126 valence electrons. The van der Waals surface area contributed by atoms with Crippen LogP contribution in [0, 0.1) is 0 Å². The summed E-state index contributed by atoms with van der Waals surface area (Å²) in [6.45, 7) is 0. The van der Waals surface area contributed by atoms with Gasteiger partial charge in [0.15, 0.2) is 9.84 Å². The monoisotopic (exact) mass is 347 g/mol. The van der Waals surface area contributed by atoms with Crippen LogP contribution in [0.5, 0.6) is 0 Å². The Balaban J connectivity index is 2.04. The number of nitrogens with zero attached hydrogens (tertiary/aromatic N) is 1. The molecular weight excluding hydrogens is 330 g/mol. The molecule has 0 aliphatic rings. The zero-order valence-corrected chi connectivity index (χ0v) is 13.6. The highest BCUT2D eigenvalue weighted by atomic mass is 32.2. The van der Waals surface area contributed by atoms with Gasteiger partial charge in [0, 0.05) is 6.20 Å². The van der Waals surface area contributed by atoms with Crippen LogP contribution in [0.15, 0.2) is 59.6 Å². The number of pyridine rings is 1. The van der Waals surface area contributed by atoms with Crippen molar-refractivity contribution in [1.29, 1.82) is 0 Å². The molecule has 8 heteroatoms. The summed E-state index contributed by atoms with van der Waals surface area (Å²) in [5.74, 6) is -1.70. The Kier molecular flexibility index (Phi) is 5.64. The van der Waals surface area contributed by atoms with Crippen molar-refractivity contribution in [2.24, 2.45) is 5.73 Å².